The standard InChI is InChI=1S/C11H10ClNO3/c1-15-11(14)10-6-9(13-16-10)7-2-4-8(12)5-3-7/h2-5,10H,6H2,1H3/t10-/m0/s1. The molecule has 1 aromatic rings. The van der Waals surface area contributed by atoms with Crippen LogP contribution in [0.2, 0.25) is 5.02 Å². The lowest BCUT2D eigenvalue weighted by molar-refractivity contribution is -0.152. The Balaban J connectivity index is 2.08. The molecule has 2 rings (SSSR count). The van der Waals surface area contributed by atoms with E-state index in [2.05, 4.69) is 9.89 Å². The number of carbonyl (C=O) groups excluding carboxylic acids is 1. The summed E-state index contributed by atoms with van der Waals surface area (Å²) in [7, 11) is 1.33. The summed E-state index contributed by atoms with van der Waals surface area (Å²) < 4.78 is 4.58. The summed E-state index contributed by atoms with van der Waals surface area (Å²) >= 11 is 5.77. The minimum absolute atomic E-state index is 0.410. The second-order valence-corrected chi connectivity index (χ2v) is 3.80. The van der Waals surface area contributed by atoms with Crippen molar-refractivity contribution in [3.63, 3.8) is 0 Å². The third-order valence-electron chi connectivity index (χ3n) is 2.31. The predicted octanol–water partition coefficient (Wildman–Crippen LogP) is 2.01. The number of esters is 1. The van der Waals surface area contributed by atoms with Crippen molar-refractivity contribution >= 4 is 23.3 Å². The fourth-order valence-electron chi connectivity index (χ4n) is 1.45. The number of nitrogens with zero attached hydrogens (tertiary/aromatic N) is 1. The van der Waals surface area contributed by atoms with E-state index in [1.165, 1.54) is 7.11 Å². The molecule has 0 N–H and O–H groups in total. The Kier molecular flexibility index (Phi) is 3.10. The van der Waals surface area contributed by atoms with Gasteiger partial charge in [0.1, 0.15) is 0 Å². The van der Waals surface area contributed by atoms with Crippen LogP contribution >= 0.6 is 11.6 Å². The zero-order valence-corrected chi connectivity index (χ0v) is 9.40. The fraction of sp³-hybridized carbons (Fsp3) is 0.273. The Bertz CT molecular complexity index is 427. The van der Waals surface area contributed by atoms with Gasteiger partial charge in [-0.15, -0.1) is 0 Å². The zero-order chi connectivity index (χ0) is 11.5. The lowest BCUT2D eigenvalue weighted by Crippen LogP contribution is -2.22. The van der Waals surface area contributed by atoms with Gasteiger partial charge < -0.3 is 9.57 Å². The average Bonchev–Trinajstić information content (AvgIpc) is 2.78. The van der Waals surface area contributed by atoms with Crippen LogP contribution in [0.3, 0.4) is 0 Å². The van der Waals surface area contributed by atoms with Gasteiger partial charge in [-0.2, -0.15) is 0 Å². The molecule has 1 atom stereocenters. The molecule has 84 valence electrons. The molecule has 16 heavy (non-hydrogen) atoms. The summed E-state index contributed by atoms with van der Waals surface area (Å²) in [6.45, 7) is 0. The Morgan fingerprint density at radius 2 is 2.19 bits per heavy atom. The highest BCUT2D eigenvalue weighted by Crippen LogP contribution is 2.19. The molecule has 0 amide bonds. The Morgan fingerprint density at radius 3 is 2.81 bits per heavy atom. The highest BCUT2D eigenvalue weighted by molar-refractivity contribution is 6.30. The molecule has 1 aliphatic heterocycles. The molecular formula is C11H10ClNO3. The van der Waals surface area contributed by atoms with Crippen molar-refractivity contribution in [2.45, 2.75) is 12.5 Å². The van der Waals surface area contributed by atoms with Crippen LogP contribution in [-0.2, 0) is 14.4 Å². The van der Waals surface area contributed by atoms with Gasteiger partial charge in [0.15, 0.2) is 0 Å². The van der Waals surface area contributed by atoms with Crippen LogP contribution in [0, 0.1) is 0 Å². The van der Waals surface area contributed by atoms with Crippen molar-refractivity contribution in [1.82, 2.24) is 0 Å². The summed E-state index contributed by atoms with van der Waals surface area (Å²) in [5, 5.41) is 4.52. The second kappa shape index (κ2) is 4.53. The number of oxime groups is 1. The number of benzene rings is 1. The first kappa shape index (κ1) is 11.0. The van der Waals surface area contributed by atoms with E-state index < -0.39 is 12.1 Å². The highest BCUT2D eigenvalue weighted by atomic mass is 35.5. The Morgan fingerprint density at radius 1 is 1.50 bits per heavy atom. The quantitative estimate of drug-likeness (QED) is 0.742. The summed E-state index contributed by atoms with van der Waals surface area (Å²) in [5.74, 6) is -0.410. The zero-order valence-electron chi connectivity index (χ0n) is 8.64. The summed E-state index contributed by atoms with van der Waals surface area (Å²) in [4.78, 5) is 16.2. The lowest BCUT2D eigenvalue weighted by atomic mass is 10.1. The van der Waals surface area contributed by atoms with Crippen molar-refractivity contribution in [3.8, 4) is 0 Å². The van der Waals surface area contributed by atoms with Gasteiger partial charge in [-0.3, -0.25) is 0 Å². The van der Waals surface area contributed by atoms with Gasteiger partial charge in [-0.1, -0.05) is 28.9 Å². The van der Waals surface area contributed by atoms with E-state index in [-0.39, 0.29) is 0 Å². The molecule has 1 aliphatic rings. The largest absolute Gasteiger partial charge is 0.466 e. The SMILES string of the molecule is COC(=O)[C@@H]1CC(c2ccc(Cl)cc2)=NO1. The van der Waals surface area contributed by atoms with E-state index in [4.69, 9.17) is 16.4 Å². The van der Waals surface area contributed by atoms with Crippen LogP contribution in [0.15, 0.2) is 29.4 Å². The molecule has 0 fully saturated rings. The molecule has 1 aromatic carbocycles. The summed E-state index contributed by atoms with van der Waals surface area (Å²) in [6, 6.07) is 7.21. The first-order chi connectivity index (χ1) is 7.70. The molecule has 1 heterocycles. The predicted molar refractivity (Wildman–Crippen MR) is 59.5 cm³/mol. The van der Waals surface area contributed by atoms with Crippen molar-refractivity contribution < 1.29 is 14.4 Å². The van der Waals surface area contributed by atoms with E-state index in [1.54, 1.807) is 12.1 Å². The number of hydrogen-bond acceptors (Lipinski definition) is 4. The van der Waals surface area contributed by atoms with Crippen molar-refractivity contribution in [1.29, 1.82) is 0 Å². The van der Waals surface area contributed by atoms with E-state index in [9.17, 15) is 4.79 Å². The van der Waals surface area contributed by atoms with Crippen molar-refractivity contribution in [2.24, 2.45) is 5.16 Å². The molecule has 0 saturated carbocycles. The number of ether oxygens (including phenoxy) is 1. The normalized spacial score (nSPS) is 18.9. The number of hydrogen-bond donors (Lipinski definition) is 0. The molecule has 0 aromatic heterocycles. The maximum Gasteiger partial charge on any atom is 0.350 e. The van der Waals surface area contributed by atoms with E-state index >= 15 is 0 Å². The van der Waals surface area contributed by atoms with Crippen LogP contribution in [0.1, 0.15) is 12.0 Å². The van der Waals surface area contributed by atoms with Crippen LogP contribution in [-0.4, -0.2) is 24.9 Å². The first-order valence-electron chi connectivity index (χ1n) is 4.77. The highest BCUT2D eigenvalue weighted by Gasteiger charge is 2.29. The lowest BCUT2D eigenvalue weighted by Gasteiger charge is -2.04. The minimum Gasteiger partial charge on any atom is -0.466 e. The van der Waals surface area contributed by atoms with E-state index in [0.717, 1.165) is 11.3 Å². The summed E-state index contributed by atoms with van der Waals surface area (Å²) in [5.41, 5.74) is 1.63. The molecule has 0 bridgehead atoms. The molecule has 5 heteroatoms. The van der Waals surface area contributed by atoms with Gasteiger partial charge in [-0.05, 0) is 17.7 Å². The van der Waals surface area contributed by atoms with Gasteiger partial charge in [0.2, 0.25) is 6.10 Å². The van der Waals surface area contributed by atoms with Crippen LogP contribution in [0.5, 0.6) is 0 Å². The van der Waals surface area contributed by atoms with Gasteiger partial charge in [0.25, 0.3) is 0 Å². The van der Waals surface area contributed by atoms with Crippen molar-refractivity contribution in [2.75, 3.05) is 7.11 Å². The molecule has 0 saturated heterocycles. The second-order valence-electron chi connectivity index (χ2n) is 3.37. The Hall–Kier alpha value is -1.55. The average molecular weight is 240 g/mol. The third-order valence-corrected chi connectivity index (χ3v) is 2.56. The van der Waals surface area contributed by atoms with Gasteiger partial charge in [-0.25, -0.2) is 4.79 Å². The van der Waals surface area contributed by atoms with E-state index in [0.29, 0.717) is 11.4 Å². The van der Waals surface area contributed by atoms with Crippen LogP contribution in [0.4, 0.5) is 0 Å². The monoisotopic (exact) mass is 239 g/mol. The van der Waals surface area contributed by atoms with Crippen LogP contribution in [0.25, 0.3) is 0 Å². The molecule has 0 spiro atoms. The molecule has 0 radical (unpaired) electrons. The maximum absolute atomic E-state index is 11.2. The van der Waals surface area contributed by atoms with E-state index in [1.807, 2.05) is 12.1 Å². The number of carbonyl (C=O) groups is 1. The third kappa shape index (κ3) is 2.17. The van der Waals surface area contributed by atoms with Gasteiger partial charge in [0, 0.05) is 11.4 Å². The van der Waals surface area contributed by atoms with Gasteiger partial charge in [0.05, 0.1) is 12.8 Å². The molecular weight excluding hydrogens is 230 g/mol. The van der Waals surface area contributed by atoms with Crippen molar-refractivity contribution in [3.05, 3.63) is 34.9 Å². The fourth-order valence-corrected chi connectivity index (χ4v) is 1.57. The number of rotatable bonds is 2. The number of methoxy groups -OCH3 is 1. The maximum atomic E-state index is 11.2. The molecule has 4 nitrogen and oxygen atoms in total. The minimum atomic E-state index is -0.629. The topological polar surface area (TPSA) is 47.9 Å². The first-order valence-corrected chi connectivity index (χ1v) is 5.15. The summed E-state index contributed by atoms with van der Waals surface area (Å²) in [6.07, 6.45) is -0.204. The Labute approximate surface area is 97.8 Å². The molecule has 0 aliphatic carbocycles. The smallest absolute Gasteiger partial charge is 0.350 e. The van der Waals surface area contributed by atoms with Gasteiger partial charge >= 0.3 is 5.97 Å². The molecule has 0 unspecified atom stereocenters. The van der Waals surface area contributed by atoms with Crippen LogP contribution < -0.4 is 0 Å². The number of halogens is 1.